The van der Waals surface area contributed by atoms with Crippen molar-refractivity contribution in [2.45, 2.75) is 5.41 Å². The number of aromatic nitrogens is 5. The molecule has 0 saturated heterocycles. The third kappa shape index (κ3) is 4.88. The van der Waals surface area contributed by atoms with E-state index in [4.69, 9.17) is 14.7 Å². The molecule has 15 rings (SSSR count). The maximum Gasteiger partial charge on any atom is 0.132 e. The first-order chi connectivity index (χ1) is 34.1. The molecule has 8 aromatic carbocycles. The lowest BCUT2D eigenvalue weighted by Crippen LogP contribution is -2.32. The van der Waals surface area contributed by atoms with Gasteiger partial charge in [-0.2, -0.15) is 10.5 Å². The lowest BCUT2D eigenvalue weighted by atomic mass is 9.66. The molecule has 5 aromatic heterocycles. The summed E-state index contributed by atoms with van der Waals surface area (Å²) in [5, 5.41) is 26.4. The topological polar surface area (TPSA) is 97.4 Å². The summed E-state index contributed by atoms with van der Waals surface area (Å²) in [6.07, 6.45) is 3.92. The Labute approximate surface area is 394 Å². The van der Waals surface area contributed by atoms with E-state index < -0.39 is 5.41 Å². The van der Waals surface area contributed by atoms with Crippen molar-refractivity contribution >= 4 is 65.4 Å². The van der Waals surface area contributed by atoms with E-state index in [1.807, 2.05) is 67.0 Å². The number of nitriles is 2. The number of rotatable bonds is 3. The second-order valence-electron chi connectivity index (χ2n) is 18.0. The zero-order valence-corrected chi connectivity index (χ0v) is 36.6. The van der Waals surface area contributed by atoms with Crippen LogP contribution >= 0.6 is 0 Å². The van der Waals surface area contributed by atoms with Crippen molar-refractivity contribution in [2.75, 3.05) is 0 Å². The standard InChI is InChI=1S/C61H33N7O/c62-32-36-21-24-55-45(27-36)43-13-3-8-18-53(43)67(55)39-30-49-59(64-34-39)60-50(31-40(35-65-60)68-54-19-9-4-14-44(54)46-28-37(33-63)22-25-56(46)68)61(49)47-15-5-10-20-57(47)69-58-26-23-38(29-48(58)61)66-51-16-6-1-11-41(51)42-12-2-7-17-52(42)66/h1-31,34-35H. The SMILES string of the molecule is N#Cc1ccc2c(c1)c1ccccc1n2-c1cnc2c(c1)C1(c3ccccc3Oc3ccc(-n4c5ccccc5c5ccccc54)cc31)c1cc(-n3c4ccccc4c4cc(C#N)ccc43)cnc1-2. The number of para-hydroxylation sites is 5. The van der Waals surface area contributed by atoms with Crippen molar-refractivity contribution < 1.29 is 4.74 Å². The van der Waals surface area contributed by atoms with E-state index >= 15 is 0 Å². The Morgan fingerprint density at radius 2 is 0.768 bits per heavy atom. The highest BCUT2D eigenvalue weighted by molar-refractivity contribution is 6.12. The molecule has 13 aromatic rings. The third-order valence-corrected chi connectivity index (χ3v) is 14.6. The summed E-state index contributed by atoms with van der Waals surface area (Å²) in [4.78, 5) is 10.9. The Balaban J connectivity index is 1.07. The Morgan fingerprint density at radius 3 is 1.28 bits per heavy atom. The van der Waals surface area contributed by atoms with Gasteiger partial charge in [0.15, 0.2) is 0 Å². The lowest BCUT2D eigenvalue weighted by molar-refractivity contribution is 0.436. The maximum absolute atomic E-state index is 9.98. The number of ether oxygens (including phenoxy) is 1. The minimum absolute atomic E-state index is 0.608. The van der Waals surface area contributed by atoms with Crippen LogP contribution < -0.4 is 4.74 Å². The fraction of sp³-hybridized carbons (Fsp3) is 0.0164. The molecule has 69 heavy (non-hydrogen) atoms. The van der Waals surface area contributed by atoms with Crippen LogP contribution in [0.3, 0.4) is 0 Å². The van der Waals surface area contributed by atoms with Gasteiger partial charge in [0.25, 0.3) is 0 Å². The molecule has 0 N–H and O–H groups in total. The van der Waals surface area contributed by atoms with Crippen molar-refractivity contribution in [1.82, 2.24) is 23.7 Å². The van der Waals surface area contributed by atoms with Crippen molar-refractivity contribution in [3.63, 3.8) is 0 Å². The first-order valence-corrected chi connectivity index (χ1v) is 22.9. The van der Waals surface area contributed by atoms with Gasteiger partial charge in [0.05, 0.1) is 96.9 Å². The lowest BCUT2D eigenvalue weighted by Gasteiger charge is -2.39. The van der Waals surface area contributed by atoms with E-state index in [0.717, 1.165) is 117 Å². The summed E-state index contributed by atoms with van der Waals surface area (Å²) in [5.41, 5.74) is 14.7. The minimum Gasteiger partial charge on any atom is -0.457 e. The van der Waals surface area contributed by atoms with Crippen LogP contribution in [0.4, 0.5) is 0 Å². The summed E-state index contributed by atoms with van der Waals surface area (Å²) in [7, 11) is 0. The van der Waals surface area contributed by atoms with Crippen LogP contribution in [0.15, 0.2) is 200 Å². The molecule has 0 saturated carbocycles. The number of hydrogen-bond acceptors (Lipinski definition) is 5. The van der Waals surface area contributed by atoms with Gasteiger partial charge in [0.1, 0.15) is 11.5 Å². The van der Waals surface area contributed by atoms with Crippen LogP contribution in [0.25, 0.3) is 93.9 Å². The molecule has 0 fully saturated rings. The first kappa shape index (κ1) is 37.5. The second-order valence-corrected chi connectivity index (χ2v) is 18.0. The van der Waals surface area contributed by atoms with E-state index in [9.17, 15) is 10.5 Å². The molecule has 1 aliphatic carbocycles. The van der Waals surface area contributed by atoms with Gasteiger partial charge < -0.3 is 18.4 Å². The Kier molecular flexibility index (Phi) is 7.41. The van der Waals surface area contributed by atoms with Gasteiger partial charge in [-0.3, -0.25) is 9.97 Å². The number of nitrogens with zero attached hydrogens (tertiary/aromatic N) is 7. The van der Waals surface area contributed by atoms with Gasteiger partial charge in [-0.15, -0.1) is 0 Å². The predicted octanol–water partition coefficient (Wildman–Crippen LogP) is 14.0. The van der Waals surface area contributed by atoms with Gasteiger partial charge in [-0.25, -0.2) is 0 Å². The van der Waals surface area contributed by atoms with Crippen LogP contribution in [0, 0.1) is 22.7 Å². The second kappa shape index (κ2) is 13.6. The third-order valence-electron chi connectivity index (χ3n) is 14.6. The average Bonchev–Trinajstić information content (AvgIpc) is 4.12. The predicted molar refractivity (Wildman–Crippen MR) is 272 cm³/mol. The van der Waals surface area contributed by atoms with Gasteiger partial charge in [-0.05, 0) is 97.1 Å². The molecule has 1 aliphatic heterocycles. The molecule has 318 valence electrons. The molecule has 0 amide bonds. The summed E-state index contributed by atoms with van der Waals surface area (Å²) >= 11 is 0. The van der Waals surface area contributed by atoms with Crippen molar-refractivity contribution in [3.05, 3.63) is 234 Å². The fourth-order valence-corrected chi connectivity index (χ4v) is 11.8. The Hall–Kier alpha value is -9.76. The summed E-state index contributed by atoms with van der Waals surface area (Å²) in [5.74, 6) is 1.50. The molecular formula is C61H33N7O. The maximum atomic E-state index is 9.98. The zero-order chi connectivity index (χ0) is 45.5. The molecule has 8 nitrogen and oxygen atoms in total. The summed E-state index contributed by atoms with van der Waals surface area (Å²) in [6.45, 7) is 0. The van der Waals surface area contributed by atoms with Crippen molar-refractivity contribution in [2.24, 2.45) is 0 Å². The van der Waals surface area contributed by atoms with E-state index in [-0.39, 0.29) is 0 Å². The van der Waals surface area contributed by atoms with E-state index in [0.29, 0.717) is 11.1 Å². The largest absolute Gasteiger partial charge is 0.457 e. The van der Waals surface area contributed by atoms with Crippen molar-refractivity contribution in [1.29, 1.82) is 10.5 Å². The highest BCUT2D eigenvalue weighted by atomic mass is 16.5. The van der Waals surface area contributed by atoms with Gasteiger partial charge in [0, 0.05) is 60.3 Å². The van der Waals surface area contributed by atoms with Crippen LogP contribution in [0.2, 0.25) is 0 Å². The summed E-state index contributed by atoms with van der Waals surface area (Å²) < 4.78 is 13.9. The zero-order valence-electron chi connectivity index (χ0n) is 36.6. The number of pyridine rings is 2. The fourth-order valence-electron chi connectivity index (χ4n) is 11.8. The molecule has 0 unspecified atom stereocenters. The van der Waals surface area contributed by atoms with Crippen LogP contribution in [-0.4, -0.2) is 23.7 Å². The van der Waals surface area contributed by atoms with E-state index in [1.54, 1.807) is 0 Å². The van der Waals surface area contributed by atoms with E-state index in [2.05, 4.69) is 159 Å². The summed E-state index contributed by atoms with van der Waals surface area (Å²) in [6, 6.07) is 70.0. The number of benzene rings is 8. The molecule has 2 aliphatic rings. The van der Waals surface area contributed by atoms with Gasteiger partial charge >= 0.3 is 0 Å². The Bertz CT molecular complexity index is 4280. The smallest absolute Gasteiger partial charge is 0.132 e. The van der Waals surface area contributed by atoms with Crippen molar-refractivity contribution in [3.8, 4) is 52.1 Å². The normalized spacial score (nSPS) is 13.1. The van der Waals surface area contributed by atoms with E-state index in [1.165, 1.54) is 10.8 Å². The molecule has 0 atom stereocenters. The van der Waals surface area contributed by atoms with Crippen LogP contribution in [-0.2, 0) is 5.41 Å². The number of fused-ring (bicyclic) bond motifs is 18. The molecule has 0 radical (unpaired) electrons. The molecule has 0 bridgehead atoms. The monoisotopic (exact) mass is 879 g/mol. The molecule has 6 heterocycles. The van der Waals surface area contributed by atoms with Crippen LogP contribution in [0.1, 0.15) is 33.4 Å². The van der Waals surface area contributed by atoms with Crippen LogP contribution in [0.5, 0.6) is 11.5 Å². The number of hydrogen-bond donors (Lipinski definition) is 0. The average molecular weight is 880 g/mol. The van der Waals surface area contributed by atoms with Gasteiger partial charge in [-0.1, -0.05) is 91.0 Å². The minimum atomic E-state index is -0.977. The Morgan fingerprint density at radius 1 is 0.362 bits per heavy atom. The molecular weight excluding hydrogens is 847 g/mol. The molecule has 8 heteroatoms. The van der Waals surface area contributed by atoms with Gasteiger partial charge in [0.2, 0.25) is 0 Å². The molecule has 1 spiro atoms. The quantitative estimate of drug-likeness (QED) is 0.176. The highest BCUT2D eigenvalue weighted by Crippen LogP contribution is 2.62. The highest BCUT2D eigenvalue weighted by Gasteiger charge is 2.53. The first-order valence-electron chi connectivity index (χ1n) is 22.9.